The van der Waals surface area contributed by atoms with E-state index in [9.17, 15) is 13.2 Å². The minimum atomic E-state index is -3.83. The molecule has 226 valence electrons. The molecule has 1 aliphatic carbocycles. The zero-order valence-corrected chi connectivity index (χ0v) is 26.1. The Labute approximate surface area is 253 Å². The van der Waals surface area contributed by atoms with Crippen LogP contribution in [0.25, 0.3) is 0 Å². The molecule has 0 atom stereocenters. The van der Waals surface area contributed by atoms with Gasteiger partial charge in [-0.2, -0.15) is 0 Å². The molecule has 3 aromatic rings. The van der Waals surface area contributed by atoms with Gasteiger partial charge in [-0.1, -0.05) is 30.7 Å². The topological polar surface area (TPSA) is 135 Å². The number of anilines is 2. The third-order valence-corrected chi connectivity index (χ3v) is 8.84. The smallest absolute Gasteiger partial charge is 0.407 e. The number of nitrogens with zero attached hydrogens (tertiary/aromatic N) is 3. The monoisotopic (exact) mass is 614 g/mol. The fraction of sp³-hybridized carbons (Fsp3) is 0.467. The normalized spacial score (nSPS) is 17.4. The lowest BCUT2D eigenvalue weighted by Crippen LogP contribution is -2.42. The van der Waals surface area contributed by atoms with Gasteiger partial charge in [-0.15, -0.1) is 0 Å². The Bertz CT molecular complexity index is 1470. The van der Waals surface area contributed by atoms with Crippen molar-refractivity contribution in [2.75, 3.05) is 10.0 Å². The number of sulfonamides is 1. The summed E-state index contributed by atoms with van der Waals surface area (Å²) < 4.78 is 33.5. The van der Waals surface area contributed by atoms with E-state index in [1.54, 1.807) is 18.2 Å². The highest BCUT2D eigenvalue weighted by molar-refractivity contribution is 7.92. The summed E-state index contributed by atoms with van der Waals surface area (Å²) in [6.07, 6.45) is 10.4. The molecule has 0 bridgehead atoms. The standard InChI is InChI=1S/C30H39ClN6O4S/c1-5-21-16-24(37-42(39,40)27-9-7-6-8-25(27)31)19-32-26(21)15-10-20-17-33-28(34-18-20)35-22-11-13-23(14-12-22)36-29(38)41-30(2,3)4/h6-9,16-19,22-23,37H,5,10-15H2,1-4H3,(H,36,38)(H,33,34,35)/t22-,23-. The largest absolute Gasteiger partial charge is 0.444 e. The molecule has 10 nitrogen and oxygen atoms in total. The number of ether oxygens (including phenoxy) is 1. The second-order valence-corrected chi connectivity index (χ2v) is 13.5. The molecule has 0 aliphatic heterocycles. The zero-order chi connectivity index (χ0) is 30.3. The number of nitrogens with one attached hydrogen (secondary N) is 3. The number of halogens is 1. The summed E-state index contributed by atoms with van der Waals surface area (Å²) in [5.41, 5.74) is 2.73. The van der Waals surface area contributed by atoms with Crippen LogP contribution in [-0.2, 0) is 34.0 Å². The van der Waals surface area contributed by atoms with Crippen LogP contribution in [0.5, 0.6) is 0 Å². The molecular weight excluding hydrogens is 576 g/mol. The fourth-order valence-electron chi connectivity index (χ4n) is 4.86. The van der Waals surface area contributed by atoms with Crippen molar-refractivity contribution in [2.24, 2.45) is 0 Å². The van der Waals surface area contributed by atoms with Gasteiger partial charge in [0.2, 0.25) is 5.95 Å². The van der Waals surface area contributed by atoms with Gasteiger partial charge < -0.3 is 15.4 Å². The summed E-state index contributed by atoms with van der Waals surface area (Å²) in [7, 11) is -3.83. The molecule has 1 fully saturated rings. The first-order valence-electron chi connectivity index (χ1n) is 14.2. The summed E-state index contributed by atoms with van der Waals surface area (Å²) in [6.45, 7) is 7.58. The van der Waals surface area contributed by atoms with E-state index in [-0.39, 0.29) is 28.1 Å². The first-order valence-corrected chi connectivity index (χ1v) is 16.1. The number of pyridine rings is 1. The van der Waals surface area contributed by atoms with E-state index in [0.717, 1.165) is 42.5 Å². The lowest BCUT2D eigenvalue weighted by molar-refractivity contribution is 0.0492. The highest BCUT2D eigenvalue weighted by Crippen LogP contribution is 2.25. The molecule has 12 heteroatoms. The lowest BCUT2D eigenvalue weighted by Gasteiger charge is -2.30. The van der Waals surface area contributed by atoms with Gasteiger partial charge in [0.05, 0.1) is 16.9 Å². The van der Waals surface area contributed by atoms with E-state index in [1.165, 1.54) is 12.3 Å². The Kier molecular flexibility index (Phi) is 10.3. The molecule has 3 N–H and O–H groups in total. The number of aryl methyl sites for hydroxylation is 3. The van der Waals surface area contributed by atoms with Crippen LogP contribution in [-0.4, -0.2) is 47.1 Å². The quantitative estimate of drug-likeness (QED) is 0.256. The summed E-state index contributed by atoms with van der Waals surface area (Å²) in [5.74, 6) is 0.588. The molecule has 0 spiro atoms. The van der Waals surface area contributed by atoms with Crippen molar-refractivity contribution in [1.29, 1.82) is 0 Å². The first kappa shape index (κ1) is 31.5. The summed E-state index contributed by atoms with van der Waals surface area (Å²) in [5, 5.41) is 6.53. The predicted octanol–water partition coefficient (Wildman–Crippen LogP) is 5.92. The van der Waals surface area contributed by atoms with Crippen molar-refractivity contribution in [3.05, 3.63) is 70.8 Å². The highest BCUT2D eigenvalue weighted by Gasteiger charge is 2.25. The number of carbonyl (C=O) groups is 1. The van der Waals surface area contributed by atoms with E-state index in [0.29, 0.717) is 30.9 Å². The van der Waals surface area contributed by atoms with E-state index >= 15 is 0 Å². The Hall–Kier alpha value is -3.44. The minimum Gasteiger partial charge on any atom is -0.444 e. The van der Waals surface area contributed by atoms with E-state index in [2.05, 4.69) is 30.3 Å². The molecule has 1 aromatic carbocycles. The van der Waals surface area contributed by atoms with Gasteiger partial charge in [0.25, 0.3) is 10.0 Å². The lowest BCUT2D eigenvalue weighted by atomic mass is 9.91. The average molecular weight is 615 g/mol. The van der Waals surface area contributed by atoms with Crippen LogP contribution in [0.4, 0.5) is 16.4 Å². The third kappa shape index (κ3) is 9.03. The molecule has 4 rings (SSSR count). The summed E-state index contributed by atoms with van der Waals surface area (Å²) >= 11 is 6.09. The molecule has 2 aromatic heterocycles. The van der Waals surface area contributed by atoms with E-state index in [1.807, 2.05) is 46.2 Å². The van der Waals surface area contributed by atoms with Crippen LogP contribution in [0.15, 0.2) is 53.8 Å². The Morgan fingerprint density at radius 1 is 1.00 bits per heavy atom. The van der Waals surface area contributed by atoms with Crippen LogP contribution >= 0.6 is 11.6 Å². The summed E-state index contributed by atoms with van der Waals surface area (Å²) in [6, 6.07) is 8.50. The van der Waals surface area contributed by atoms with Crippen LogP contribution in [0.3, 0.4) is 0 Å². The molecule has 0 unspecified atom stereocenters. The number of hydrogen-bond acceptors (Lipinski definition) is 8. The average Bonchev–Trinajstić information content (AvgIpc) is 2.93. The van der Waals surface area contributed by atoms with Crippen molar-refractivity contribution in [1.82, 2.24) is 20.3 Å². The Morgan fingerprint density at radius 3 is 2.31 bits per heavy atom. The minimum absolute atomic E-state index is 0.0228. The van der Waals surface area contributed by atoms with Gasteiger partial charge in [-0.25, -0.2) is 23.2 Å². The molecule has 42 heavy (non-hydrogen) atoms. The number of benzene rings is 1. The second-order valence-electron chi connectivity index (χ2n) is 11.5. The molecule has 0 saturated heterocycles. The number of aromatic nitrogens is 3. The van der Waals surface area contributed by atoms with Crippen LogP contribution in [0, 0.1) is 0 Å². The van der Waals surface area contributed by atoms with Gasteiger partial charge >= 0.3 is 6.09 Å². The van der Waals surface area contributed by atoms with Crippen molar-refractivity contribution in [2.45, 2.75) is 95.2 Å². The number of amides is 1. The van der Waals surface area contributed by atoms with E-state index < -0.39 is 15.6 Å². The van der Waals surface area contributed by atoms with E-state index in [4.69, 9.17) is 16.3 Å². The molecule has 1 saturated carbocycles. The van der Waals surface area contributed by atoms with Gasteiger partial charge in [0.15, 0.2) is 0 Å². The van der Waals surface area contributed by atoms with Gasteiger partial charge in [0.1, 0.15) is 10.5 Å². The number of carbonyl (C=O) groups excluding carboxylic acids is 1. The van der Waals surface area contributed by atoms with Crippen molar-refractivity contribution in [3.63, 3.8) is 0 Å². The van der Waals surface area contributed by atoms with Gasteiger partial charge in [0, 0.05) is 30.2 Å². The highest BCUT2D eigenvalue weighted by atomic mass is 35.5. The SMILES string of the molecule is CCc1cc(NS(=O)(=O)c2ccccc2Cl)cnc1CCc1cnc(N[C@H]2CC[C@H](NC(=O)OC(C)(C)C)CC2)nc1. The maximum absolute atomic E-state index is 12.8. The third-order valence-electron chi connectivity index (χ3n) is 6.96. The van der Waals surface area contributed by atoms with Gasteiger partial charge in [-0.05, 0) is 95.0 Å². The molecule has 0 radical (unpaired) electrons. The molecule has 2 heterocycles. The maximum atomic E-state index is 12.8. The second kappa shape index (κ2) is 13.7. The fourth-order valence-corrected chi connectivity index (χ4v) is 6.41. The number of rotatable bonds is 10. The van der Waals surface area contributed by atoms with Crippen molar-refractivity contribution in [3.8, 4) is 0 Å². The van der Waals surface area contributed by atoms with Crippen LogP contribution in [0.2, 0.25) is 5.02 Å². The number of alkyl carbamates (subject to hydrolysis) is 1. The maximum Gasteiger partial charge on any atom is 0.407 e. The predicted molar refractivity (Wildman–Crippen MR) is 164 cm³/mol. The molecule has 1 aliphatic rings. The van der Waals surface area contributed by atoms with Crippen LogP contribution < -0.4 is 15.4 Å². The number of hydrogen-bond donors (Lipinski definition) is 3. The summed E-state index contributed by atoms with van der Waals surface area (Å²) in [4.78, 5) is 25.6. The van der Waals surface area contributed by atoms with Gasteiger partial charge in [-0.3, -0.25) is 9.71 Å². The zero-order valence-electron chi connectivity index (χ0n) is 24.5. The van der Waals surface area contributed by atoms with Crippen molar-refractivity contribution >= 4 is 39.4 Å². The Morgan fingerprint density at radius 2 is 1.67 bits per heavy atom. The molecular formula is C30H39ClN6O4S. The first-order chi connectivity index (χ1) is 19.9. The molecule has 1 amide bonds. The van der Waals surface area contributed by atoms with Crippen molar-refractivity contribution < 1.29 is 17.9 Å². The van der Waals surface area contributed by atoms with Crippen LogP contribution in [0.1, 0.15) is 70.2 Å². The Balaban J connectivity index is 1.27.